The van der Waals surface area contributed by atoms with Gasteiger partial charge in [0, 0.05) is 18.9 Å². The van der Waals surface area contributed by atoms with Gasteiger partial charge in [-0.05, 0) is 20.8 Å². The number of hydrogen-bond acceptors (Lipinski definition) is 8. The molecule has 0 radical (unpaired) electrons. The fourth-order valence-electron chi connectivity index (χ4n) is 1.88. The van der Waals surface area contributed by atoms with Crippen LogP contribution in [0.2, 0.25) is 0 Å². The Morgan fingerprint density at radius 3 is 2.67 bits per heavy atom. The summed E-state index contributed by atoms with van der Waals surface area (Å²) in [6.07, 6.45) is 4.90. The largest absolute Gasteiger partial charge is 0.469 e. The molecule has 0 unspecified atom stereocenters. The van der Waals surface area contributed by atoms with E-state index >= 15 is 0 Å². The van der Waals surface area contributed by atoms with E-state index in [-0.39, 0.29) is 25.4 Å². The van der Waals surface area contributed by atoms with Gasteiger partial charge in [-0.1, -0.05) is 5.16 Å². The number of nitrogens with one attached hydrogen (secondary N) is 1. The van der Waals surface area contributed by atoms with E-state index in [1.807, 2.05) is 0 Å². The van der Waals surface area contributed by atoms with Gasteiger partial charge in [-0.3, -0.25) is 4.79 Å². The highest BCUT2D eigenvalue weighted by Crippen LogP contribution is 2.10. The summed E-state index contributed by atoms with van der Waals surface area (Å²) in [5, 5.41) is 6.15. The van der Waals surface area contributed by atoms with Crippen molar-refractivity contribution in [3.63, 3.8) is 0 Å². The Hall–Kier alpha value is -3.02. The molecule has 9 heteroatoms. The highest BCUT2D eigenvalue weighted by atomic mass is 16.6. The molecule has 0 spiro atoms. The van der Waals surface area contributed by atoms with E-state index in [0.717, 1.165) is 0 Å². The Labute approximate surface area is 157 Å². The molecule has 1 rings (SSSR count). The molecule has 1 heterocycles. The Bertz CT molecular complexity index is 697. The molecule has 1 N–H and O–H groups in total. The average Bonchev–Trinajstić information content (AvgIpc) is 3.03. The van der Waals surface area contributed by atoms with E-state index in [4.69, 9.17) is 20.4 Å². The van der Waals surface area contributed by atoms with Crippen molar-refractivity contribution < 1.29 is 33.1 Å². The molecule has 0 aliphatic carbocycles. The highest BCUT2D eigenvalue weighted by molar-refractivity contribution is 5.81. The maximum absolute atomic E-state index is 12.2. The minimum atomic E-state index is -1.05. The van der Waals surface area contributed by atoms with Crippen molar-refractivity contribution in [1.82, 2.24) is 10.5 Å². The van der Waals surface area contributed by atoms with Crippen molar-refractivity contribution in [3.8, 4) is 12.3 Å². The van der Waals surface area contributed by atoms with E-state index in [0.29, 0.717) is 17.9 Å². The fourth-order valence-corrected chi connectivity index (χ4v) is 1.88. The number of carbonyl (C=O) groups is 3. The van der Waals surface area contributed by atoms with Crippen LogP contribution >= 0.6 is 0 Å². The minimum absolute atomic E-state index is 0.0567. The Kier molecular flexibility index (Phi) is 8.33. The second kappa shape index (κ2) is 10.2. The normalized spacial score (nSPS) is 11.8. The van der Waals surface area contributed by atoms with Crippen molar-refractivity contribution >= 4 is 18.0 Å². The number of carbonyl (C=O) groups excluding carboxylic acids is 3. The van der Waals surface area contributed by atoms with Gasteiger partial charge in [-0.15, -0.1) is 12.3 Å². The number of terminal acetylenes is 1. The second-order valence-corrected chi connectivity index (χ2v) is 6.58. The van der Waals surface area contributed by atoms with Crippen molar-refractivity contribution in [2.75, 3.05) is 7.11 Å². The smallest absolute Gasteiger partial charge is 0.408 e. The van der Waals surface area contributed by atoms with Gasteiger partial charge in [-0.25, -0.2) is 9.59 Å². The van der Waals surface area contributed by atoms with Gasteiger partial charge < -0.3 is 24.1 Å². The molecule has 0 saturated carbocycles. The minimum Gasteiger partial charge on any atom is -0.469 e. The van der Waals surface area contributed by atoms with Gasteiger partial charge >= 0.3 is 18.0 Å². The third-order valence-electron chi connectivity index (χ3n) is 3.07. The van der Waals surface area contributed by atoms with Gasteiger partial charge in [0.1, 0.15) is 11.6 Å². The molecule has 0 saturated heterocycles. The zero-order valence-corrected chi connectivity index (χ0v) is 15.9. The molecule has 0 bridgehead atoms. The monoisotopic (exact) mass is 380 g/mol. The molecule has 1 aromatic rings. The van der Waals surface area contributed by atoms with Crippen LogP contribution in [0.25, 0.3) is 0 Å². The summed E-state index contributed by atoms with van der Waals surface area (Å²) in [7, 11) is 1.30. The van der Waals surface area contributed by atoms with Crippen LogP contribution in [0.5, 0.6) is 0 Å². The quantitative estimate of drug-likeness (QED) is 0.412. The first-order chi connectivity index (χ1) is 12.6. The van der Waals surface area contributed by atoms with Crippen LogP contribution < -0.4 is 5.32 Å². The molecule has 1 aromatic heterocycles. The van der Waals surface area contributed by atoms with Crippen LogP contribution in [0.15, 0.2) is 10.6 Å². The molecule has 0 aliphatic heterocycles. The summed E-state index contributed by atoms with van der Waals surface area (Å²) >= 11 is 0. The van der Waals surface area contributed by atoms with E-state index < -0.39 is 23.7 Å². The van der Waals surface area contributed by atoms with Crippen LogP contribution in [0.3, 0.4) is 0 Å². The number of nitrogens with zero attached hydrogens (tertiary/aromatic N) is 1. The van der Waals surface area contributed by atoms with Crippen molar-refractivity contribution in [2.24, 2.45) is 0 Å². The fraction of sp³-hybridized carbons (Fsp3) is 0.556. The van der Waals surface area contributed by atoms with Crippen LogP contribution in [0.1, 0.15) is 45.1 Å². The summed E-state index contributed by atoms with van der Waals surface area (Å²) in [5.74, 6) is 1.50. The molecule has 0 fully saturated rings. The van der Waals surface area contributed by atoms with E-state index in [2.05, 4.69) is 21.1 Å². The van der Waals surface area contributed by atoms with Gasteiger partial charge in [0.25, 0.3) is 0 Å². The highest BCUT2D eigenvalue weighted by Gasteiger charge is 2.25. The lowest BCUT2D eigenvalue weighted by atomic mass is 10.2. The molecule has 9 nitrogen and oxygen atoms in total. The maximum atomic E-state index is 12.2. The zero-order valence-electron chi connectivity index (χ0n) is 15.9. The number of aryl methyl sites for hydroxylation is 1. The Balaban J connectivity index is 2.54. The van der Waals surface area contributed by atoms with Crippen molar-refractivity contribution in [3.05, 3.63) is 17.5 Å². The van der Waals surface area contributed by atoms with Crippen LogP contribution in [0.4, 0.5) is 4.79 Å². The third-order valence-corrected chi connectivity index (χ3v) is 3.07. The summed E-state index contributed by atoms with van der Waals surface area (Å²) in [4.78, 5) is 35.1. The second-order valence-electron chi connectivity index (χ2n) is 6.58. The molecule has 0 aliphatic rings. The number of alkyl carbamates (subject to hydrolysis) is 1. The standard InChI is InChI=1S/C18H24N2O7/c1-6-7-14(19-17(23)26-18(2,3)4)16(22)25-11-13-10-12(20-27-13)8-9-15(21)24-5/h1,10,14H,7-9,11H2,2-5H3,(H,19,23)/t14-/m0/s1. The molecular weight excluding hydrogens is 356 g/mol. The van der Waals surface area contributed by atoms with E-state index in [9.17, 15) is 14.4 Å². The van der Waals surface area contributed by atoms with E-state index in [1.54, 1.807) is 26.8 Å². The molecule has 1 amide bonds. The number of methoxy groups -OCH3 is 1. The number of ether oxygens (including phenoxy) is 3. The first-order valence-electron chi connectivity index (χ1n) is 8.25. The zero-order chi connectivity index (χ0) is 20.4. The summed E-state index contributed by atoms with van der Waals surface area (Å²) < 4.78 is 19.8. The summed E-state index contributed by atoms with van der Waals surface area (Å²) in [6, 6.07) is 0.514. The first-order valence-corrected chi connectivity index (χ1v) is 8.25. The summed E-state index contributed by atoms with van der Waals surface area (Å²) in [6.45, 7) is 4.90. The predicted octanol–water partition coefficient (Wildman–Crippen LogP) is 1.74. The molecule has 27 heavy (non-hydrogen) atoms. The Morgan fingerprint density at radius 2 is 2.07 bits per heavy atom. The predicted molar refractivity (Wildman–Crippen MR) is 93.2 cm³/mol. The number of rotatable bonds is 8. The summed E-state index contributed by atoms with van der Waals surface area (Å²) in [5.41, 5.74) is -0.187. The average molecular weight is 380 g/mol. The Morgan fingerprint density at radius 1 is 1.37 bits per heavy atom. The first kappa shape index (κ1) is 22.0. The van der Waals surface area contributed by atoms with Crippen molar-refractivity contribution in [1.29, 1.82) is 0 Å². The van der Waals surface area contributed by atoms with Crippen LogP contribution in [-0.2, 0) is 36.8 Å². The van der Waals surface area contributed by atoms with Gasteiger partial charge in [0.15, 0.2) is 12.4 Å². The van der Waals surface area contributed by atoms with Crippen LogP contribution in [-0.4, -0.2) is 41.9 Å². The molecular formula is C18H24N2O7. The molecule has 148 valence electrons. The van der Waals surface area contributed by atoms with Crippen molar-refractivity contribution in [2.45, 2.75) is 58.3 Å². The third kappa shape index (κ3) is 8.76. The van der Waals surface area contributed by atoms with Crippen LogP contribution in [0, 0.1) is 12.3 Å². The van der Waals surface area contributed by atoms with Gasteiger partial charge in [0.05, 0.1) is 19.2 Å². The number of amides is 1. The number of esters is 2. The van der Waals surface area contributed by atoms with Gasteiger partial charge in [0.2, 0.25) is 0 Å². The molecule has 1 atom stereocenters. The lowest BCUT2D eigenvalue weighted by Gasteiger charge is -2.22. The number of hydrogen-bond donors (Lipinski definition) is 1. The maximum Gasteiger partial charge on any atom is 0.408 e. The van der Waals surface area contributed by atoms with Gasteiger partial charge in [-0.2, -0.15) is 0 Å². The van der Waals surface area contributed by atoms with E-state index in [1.165, 1.54) is 7.11 Å². The molecule has 0 aromatic carbocycles. The SMILES string of the molecule is C#CC[C@H](NC(=O)OC(C)(C)C)C(=O)OCc1cc(CCC(=O)OC)no1. The number of aromatic nitrogens is 1. The topological polar surface area (TPSA) is 117 Å². The lowest BCUT2D eigenvalue weighted by molar-refractivity contribution is -0.148. The lowest BCUT2D eigenvalue weighted by Crippen LogP contribution is -2.44.